The number of benzene rings is 1. The van der Waals surface area contributed by atoms with Crippen LogP contribution in [-0.4, -0.2) is 31.9 Å². The highest BCUT2D eigenvalue weighted by Crippen LogP contribution is 2.28. The molecule has 0 aliphatic carbocycles. The molecule has 0 aliphatic heterocycles. The number of nitrogens with one attached hydrogen (secondary N) is 1. The van der Waals surface area contributed by atoms with Crippen molar-refractivity contribution in [2.45, 2.75) is 0 Å². The van der Waals surface area contributed by atoms with Gasteiger partial charge in [-0.2, -0.15) is 16.9 Å². The average molecular weight is 328 g/mol. The summed E-state index contributed by atoms with van der Waals surface area (Å²) in [6.45, 7) is 0. The number of aromatic amines is 1. The molecule has 3 rings (SSSR count). The molecule has 4 N–H and O–H groups in total. The second-order valence-corrected chi connectivity index (χ2v) is 5.84. The number of thioether (sulfide) groups is 1. The Labute approximate surface area is 136 Å². The number of anilines is 1. The monoisotopic (exact) mass is 328 g/mol. The predicted molar refractivity (Wildman–Crippen MR) is 95.2 cm³/mol. The van der Waals surface area contributed by atoms with Crippen molar-refractivity contribution in [3.05, 3.63) is 52.3 Å². The lowest BCUT2D eigenvalue weighted by Gasteiger charge is -2.02. The Morgan fingerprint density at radius 2 is 2.13 bits per heavy atom. The minimum Gasteiger partial charge on any atom is -0.494 e. The Balaban J connectivity index is 2.28. The third kappa shape index (κ3) is 2.70. The van der Waals surface area contributed by atoms with Crippen LogP contribution in [0.4, 0.5) is 5.82 Å². The van der Waals surface area contributed by atoms with E-state index in [1.165, 1.54) is 4.68 Å². The van der Waals surface area contributed by atoms with Crippen molar-refractivity contribution in [2.75, 3.05) is 17.7 Å². The molecule has 0 bridgehead atoms. The van der Waals surface area contributed by atoms with Crippen molar-refractivity contribution in [1.82, 2.24) is 14.8 Å². The summed E-state index contributed by atoms with van der Waals surface area (Å²) >= 11 is 1.65. The number of nitrogen functional groups attached to an aromatic ring is 1. The highest BCUT2D eigenvalue weighted by atomic mass is 32.2. The van der Waals surface area contributed by atoms with E-state index in [0.717, 1.165) is 11.4 Å². The summed E-state index contributed by atoms with van der Waals surface area (Å²) in [5.41, 5.74) is 7.24. The van der Waals surface area contributed by atoms with Gasteiger partial charge in [-0.15, -0.1) is 0 Å². The number of aromatic hydroxyl groups is 1. The van der Waals surface area contributed by atoms with Crippen LogP contribution in [0.25, 0.3) is 22.7 Å². The van der Waals surface area contributed by atoms with Crippen molar-refractivity contribution in [1.29, 1.82) is 0 Å². The zero-order valence-electron chi connectivity index (χ0n) is 12.5. The number of hydrogen-bond acceptors (Lipinski definition) is 5. The summed E-state index contributed by atoms with van der Waals surface area (Å²) in [7, 11) is 0. The average Bonchev–Trinajstić information content (AvgIpc) is 2.89. The van der Waals surface area contributed by atoms with E-state index in [0.29, 0.717) is 11.1 Å². The van der Waals surface area contributed by atoms with Gasteiger partial charge in [-0.3, -0.25) is 9.78 Å². The Hall–Kier alpha value is -2.67. The van der Waals surface area contributed by atoms with Crippen LogP contribution in [0, 0.1) is 0 Å². The fourth-order valence-electron chi connectivity index (χ4n) is 2.38. The van der Waals surface area contributed by atoms with Crippen molar-refractivity contribution < 1.29 is 5.11 Å². The maximum absolute atomic E-state index is 12.2. The third-order valence-electron chi connectivity index (χ3n) is 3.44. The molecule has 0 saturated carbocycles. The summed E-state index contributed by atoms with van der Waals surface area (Å²) in [5, 5.41) is 14.8. The number of aromatic nitrogens is 3. The molecule has 2 heterocycles. The molecule has 0 atom stereocenters. The molecule has 3 aromatic rings. The Morgan fingerprint density at radius 3 is 2.83 bits per heavy atom. The van der Waals surface area contributed by atoms with Crippen molar-refractivity contribution in [3.8, 4) is 11.6 Å². The van der Waals surface area contributed by atoms with E-state index in [-0.39, 0.29) is 17.1 Å². The van der Waals surface area contributed by atoms with Crippen molar-refractivity contribution >= 4 is 34.6 Å². The SMILES string of the molecule is CSCC=Cc1c(O)[nH]c(=O)c2c(N)n(-c3ccccc3)nc12. The van der Waals surface area contributed by atoms with Gasteiger partial charge in [0.1, 0.15) is 16.7 Å². The number of pyridine rings is 1. The molecule has 2 aromatic heterocycles. The molecular weight excluding hydrogens is 312 g/mol. The Morgan fingerprint density at radius 1 is 1.39 bits per heavy atom. The number of fused-ring (bicyclic) bond motifs is 1. The maximum Gasteiger partial charge on any atom is 0.264 e. The minimum absolute atomic E-state index is 0.211. The molecule has 7 heteroatoms. The third-order valence-corrected chi connectivity index (χ3v) is 3.96. The van der Waals surface area contributed by atoms with Gasteiger partial charge in [-0.25, -0.2) is 4.68 Å². The van der Waals surface area contributed by atoms with E-state index < -0.39 is 5.56 Å². The normalized spacial score (nSPS) is 11.5. The summed E-state index contributed by atoms with van der Waals surface area (Å²) in [6.07, 6.45) is 5.62. The van der Waals surface area contributed by atoms with Gasteiger partial charge >= 0.3 is 0 Å². The fourth-order valence-corrected chi connectivity index (χ4v) is 2.67. The molecule has 6 nitrogen and oxygen atoms in total. The quantitative estimate of drug-likeness (QED) is 0.683. The van der Waals surface area contributed by atoms with Crippen LogP contribution in [0.2, 0.25) is 0 Å². The first-order valence-electron chi connectivity index (χ1n) is 6.98. The highest BCUT2D eigenvalue weighted by Gasteiger charge is 2.18. The summed E-state index contributed by atoms with van der Waals surface area (Å²) < 4.78 is 1.51. The van der Waals surface area contributed by atoms with Crippen LogP contribution in [0.1, 0.15) is 5.56 Å². The topological polar surface area (TPSA) is 96.9 Å². The molecular formula is C16H16N4O2S. The second-order valence-electron chi connectivity index (χ2n) is 4.93. The van der Waals surface area contributed by atoms with E-state index in [9.17, 15) is 9.90 Å². The summed E-state index contributed by atoms with van der Waals surface area (Å²) in [5.74, 6) is 0.819. The number of H-pyrrole nitrogens is 1. The molecule has 0 aliphatic rings. The molecule has 0 radical (unpaired) electrons. The molecule has 0 spiro atoms. The van der Waals surface area contributed by atoms with Gasteiger partial charge in [-0.1, -0.05) is 30.4 Å². The van der Waals surface area contributed by atoms with E-state index in [2.05, 4.69) is 10.1 Å². The van der Waals surface area contributed by atoms with Crippen LogP contribution < -0.4 is 11.3 Å². The van der Waals surface area contributed by atoms with Gasteiger partial charge in [0.05, 0.1) is 11.3 Å². The maximum atomic E-state index is 12.2. The number of nitrogens with two attached hydrogens (primary N) is 1. The van der Waals surface area contributed by atoms with Gasteiger partial charge in [0.25, 0.3) is 5.56 Å². The smallest absolute Gasteiger partial charge is 0.264 e. The second kappa shape index (κ2) is 6.21. The number of nitrogens with zero attached hydrogens (tertiary/aromatic N) is 2. The molecule has 0 saturated heterocycles. The molecule has 0 unspecified atom stereocenters. The zero-order chi connectivity index (χ0) is 16.4. The Bertz CT molecular complexity index is 929. The zero-order valence-corrected chi connectivity index (χ0v) is 13.3. The molecule has 118 valence electrons. The highest BCUT2D eigenvalue weighted by molar-refractivity contribution is 7.98. The first kappa shape index (κ1) is 15.2. The van der Waals surface area contributed by atoms with Crippen LogP contribution in [0.3, 0.4) is 0 Å². The van der Waals surface area contributed by atoms with Gasteiger partial charge in [-0.05, 0) is 18.4 Å². The van der Waals surface area contributed by atoms with Gasteiger partial charge in [0, 0.05) is 5.75 Å². The van der Waals surface area contributed by atoms with Crippen molar-refractivity contribution in [2.24, 2.45) is 0 Å². The molecule has 23 heavy (non-hydrogen) atoms. The van der Waals surface area contributed by atoms with Gasteiger partial charge in [0.2, 0.25) is 5.88 Å². The number of rotatable bonds is 4. The standard InChI is InChI=1S/C16H16N4O2S/c1-23-9-5-8-11-13-12(16(22)18-15(11)21)14(17)20(19-13)10-6-3-2-4-7-10/h2-8,21H,9,17H2,1H3,(H,18,22). The lowest BCUT2D eigenvalue weighted by molar-refractivity contribution is 0.451. The van der Waals surface area contributed by atoms with Crippen molar-refractivity contribution in [3.63, 3.8) is 0 Å². The first-order valence-corrected chi connectivity index (χ1v) is 8.37. The molecule has 1 aromatic carbocycles. The number of hydrogen-bond donors (Lipinski definition) is 3. The summed E-state index contributed by atoms with van der Waals surface area (Å²) in [4.78, 5) is 14.6. The van der Waals surface area contributed by atoms with Crippen LogP contribution in [0.5, 0.6) is 5.88 Å². The minimum atomic E-state index is -0.459. The van der Waals surface area contributed by atoms with Crippen LogP contribution in [-0.2, 0) is 0 Å². The van der Waals surface area contributed by atoms with Crippen LogP contribution in [0.15, 0.2) is 41.2 Å². The lowest BCUT2D eigenvalue weighted by Crippen LogP contribution is -2.08. The van der Waals surface area contributed by atoms with E-state index in [1.807, 2.05) is 42.7 Å². The first-order chi connectivity index (χ1) is 11.1. The largest absolute Gasteiger partial charge is 0.494 e. The van der Waals surface area contributed by atoms with Gasteiger partial charge < -0.3 is 10.8 Å². The predicted octanol–water partition coefficient (Wildman–Crippen LogP) is 2.38. The molecule has 0 fully saturated rings. The van der Waals surface area contributed by atoms with E-state index in [4.69, 9.17) is 5.73 Å². The van der Waals surface area contributed by atoms with E-state index in [1.54, 1.807) is 17.8 Å². The van der Waals surface area contributed by atoms with Crippen LogP contribution >= 0.6 is 11.8 Å². The summed E-state index contributed by atoms with van der Waals surface area (Å²) in [6, 6.07) is 9.31. The Kier molecular flexibility index (Phi) is 4.12. The van der Waals surface area contributed by atoms with E-state index >= 15 is 0 Å². The fraction of sp³-hybridized carbons (Fsp3) is 0.125. The lowest BCUT2D eigenvalue weighted by atomic mass is 10.2. The number of para-hydroxylation sites is 1. The van der Waals surface area contributed by atoms with Gasteiger partial charge in [0.15, 0.2) is 0 Å². The molecule has 0 amide bonds.